The molecule has 0 fully saturated rings. The maximum Gasteiger partial charge on any atom is 0.178 e. The van der Waals surface area contributed by atoms with Gasteiger partial charge in [0.25, 0.3) is 0 Å². The number of hydrogen-bond acceptors (Lipinski definition) is 4. The molecular weight excluding hydrogens is 202 g/mol. The molecule has 2 heterocycles. The third-order valence-electron chi connectivity index (χ3n) is 2.32. The summed E-state index contributed by atoms with van der Waals surface area (Å²) in [6.07, 6.45) is 5.41. The molecule has 0 saturated carbocycles. The Morgan fingerprint density at radius 2 is 2.31 bits per heavy atom. The van der Waals surface area contributed by atoms with Gasteiger partial charge in [0.05, 0.1) is 0 Å². The van der Waals surface area contributed by atoms with Gasteiger partial charge in [-0.05, 0) is 19.1 Å². The molecule has 0 unspecified atom stereocenters. The Labute approximate surface area is 93.6 Å². The van der Waals surface area contributed by atoms with Gasteiger partial charge in [0.1, 0.15) is 0 Å². The number of aromatic nitrogens is 5. The minimum Gasteiger partial charge on any atom is -0.261 e. The molecule has 2 rings (SSSR count). The van der Waals surface area contributed by atoms with Crippen LogP contribution in [0.25, 0.3) is 0 Å². The molecule has 82 valence electrons. The number of tetrazole rings is 1. The fraction of sp³-hybridized carbons (Fsp3) is 0.273. The van der Waals surface area contributed by atoms with E-state index in [4.69, 9.17) is 0 Å². The number of H-pyrrole nitrogens is 1. The molecule has 0 radical (unpaired) electrons. The highest BCUT2D eigenvalue weighted by Crippen LogP contribution is 2.09. The molecule has 5 heteroatoms. The van der Waals surface area contributed by atoms with E-state index in [1.165, 1.54) is 5.57 Å². The van der Waals surface area contributed by atoms with Gasteiger partial charge in [-0.2, -0.15) is 5.21 Å². The molecule has 0 spiro atoms. The molecule has 2 aromatic rings. The van der Waals surface area contributed by atoms with Crippen LogP contribution in [0, 0.1) is 0 Å². The molecule has 0 aliphatic rings. The van der Waals surface area contributed by atoms with Crippen LogP contribution in [0.4, 0.5) is 0 Å². The second-order valence-electron chi connectivity index (χ2n) is 3.45. The van der Waals surface area contributed by atoms with Crippen molar-refractivity contribution < 1.29 is 0 Å². The molecule has 16 heavy (non-hydrogen) atoms. The van der Waals surface area contributed by atoms with Gasteiger partial charge in [-0.1, -0.05) is 22.9 Å². The molecule has 0 aliphatic heterocycles. The van der Waals surface area contributed by atoms with Gasteiger partial charge >= 0.3 is 0 Å². The number of allylic oxidation sites excluding steroid dienone is 2. The average molecular weight is 215 g/mol. The standard InChI is InChI=1S/C11H13N5/c1-2-9(8-11-13-15-16-14-11)7-10-5-3-4-6-12-10/h2-6H,7-8H2,1H3,(H,13,14,15,16)/b9-2+. The van der Waals surface area contributed by atoms with E-state index in [1.807, 2.05) is 25.1 Å². The fourth-order valence-electron chi connectivity index (χ4n) is 1.46. The van der Waals surface area contributed by atoms with Crippen LogP contribution < -0.4 is 0 Å². The quantitative estimate of drug-likeness (QED) is 0.781. The Balaban J connectivity index is 2.02. The SMILES string of the molecule is C/C=C(\Cc1ccccn1)Cc1nn[nH]n1. The monoisotopic (exact) mass is 215 g/mol. The zero-order valence-corrected chi connectivity index (χ0v) is 9.09. The van der Waals surface area contributed by atoms with Gasteiger partial charge in [-0.15, -0.1) is 10.2 Å². The largest absolute Gasteiger partial charge is 0.261 e. The summed E-state index contributed by atoms with van der Waals surface area (Å²) in [5, 5.41) is 13.9. The summed E-state index contributed by atoms with van der Waals surface area (Å²) in [7, 11) is 0. The Hall–Kier alpha value is -2.04. The minimum atomic E-state index is 0.712. The zero-order valence-electron chi connectivity index (χ0n) is 9.09. The summed E-state index contributed by atoms with van der Waals surface area (Å²) in [6.45, 7) is 2.01. The van der Waals surface area contributed by atoms with Gasteiger partial charge < -0.3 is 0 Å². The predicted octanol–water partition coefficient (Wildman–Crippen LogP) is 1.33. The van der Waals surface area contributed by atoms with Crippen molar-refractivity contribution >= 4 is 0 Å². The van der Waals surface area contributed by atoms with Crippen LogP contribution in [0.5, 0.6) is 0 Å². The lowest BCUT2D eigenvalue weighted by atomic mass is 10.1. The molecule has 1 N–H and O–H groups in total. The first-order chi connectivity index (χ1) is 7.88. The van der Waals surface area contributed by atoms with Crippen molar-refractivity contribution in [2.75, 3.05) is 0 Å². The Morgan fingerprint density at radius 1 is 1.38 bits per heavy atom. The zero-order chi connectivity index (χ0) is 11.2. The van der Waals surface area contributed by atoms with Crippen molar-refractivity contribution in [2.24, 2.45) is 0 Å². The summed E-state index contributed by atoms with van der Waals surface area (Å²) in [5.41, 5.74) is 2.29. The summed E-state index contributed by atoms with van der Waals surface area (Å²) in [4.78, 5) is 4.29. The van der Waals surface area contributed by atoms with Gasteiger partial charge in [0, 0.05) is 24.7 Å². The van der Waals surface area contributed by atoms with E-state index in [1.54, 1.807) is 6.20 Å². The van der Waals surface area contributed by atoms with Crippen molar-refractivity contribution in [3.05, 3.63) is 47.6 Å². The summed E-state index contributed by atoms with van der Waals surface area (Å²) in [5.74, 6) is 0.712. The summed E-state index contributed by atoms with van der Waals surface area (Å²) >= 11 is 0. The molecule has 5 nitrogen and oxygen atoms in total. The van der Waals surface area contributed by atoms with Gasteiger partial charge in [-0.25, -0.2) is 0 Å². The van der Waals surface area contributed by atoms with Crippen LogP contribution in [0.1, 0.15) is 18.4 Å². The lowest BCUT2D eigenvalue weighted by Crippen LogP contribution is -1.99. The molecule has 0 saturated heterocycles. The van der Waals surface area contributed by atoms with E-state index in [-0.39, 0.29) is 0 Å². The first-order valence-electron chi connectivity index (χ1n) is 5.15. The van der Waals surface area contributed by atoms with Crippen molar-refractivity contribution in [1.29, 1.82) is 0 Å². The smallest absolute Gasteiger partial charge is 0.178 e. The Morgan fingerprint density at radius 3 is 2.94 bits per heavy atom. The third kappa shape index (κ3) is 2.73. The maximum atomic E-state index is 4.29. The molecule has 0 amide bonds. The number of rotatable bonds is 4. The fourth-order valence-corrected chi connectivity index (χ4v) is 1.46. The highest BCUT2D eigenvalue weighted by atomic mass is 15.5. The van der Waals surface area contributed by atoms with Gasteiger partial charge in [0.2, 0.25) is 0 Å². The van der Waals surface area contributed by atoms with E-state index in [0.717, 1.165) is 12.1 Å². The summed E-state index contributed by atoms with van der Waals surface area (Å²) in [6, 6.07) is 5.92. The second kappa shape index (κ2) is 5.16. The Bertz CT molecular complexity index is 446. The highest BCUT2D eigenvalue weighted by Gasteiger charge is 2.04. The van der Waals surface area contributed by atoms with Crippen LogP contribution in [-0.2, 0) is 12.8 Å². The summed E-state index contributed by atoms with van der Waals surface area (Å²) < 4.78 is 0. The van der Waals surface area contributed by atoms with E-state index >= 15 is 0 Å². The highest BCUT2D eigenvalue weighted by molar-refractivity contribution is 5.17. The van der Waals surface area contributed by atoms with Crippen molar-refractivity contribution in [3.8, 4) is 0 Å². The lowest BCUT2D eigenvalue weighted by Gasteiger charge is -2.03. The van der Waals surface area contributed by atoms with Crippen molar-refractivity contribution in [2.45, 2.75) is 19.8 Å². The molecule has 0 aliphatic carbocycles. The van der Waals surface area contributed by atoms with E-state index in [0.29, 0.717) is 12.2 Å². The number of pyridine rings is 1. The number of nitrogens with one attached hydrogen (secondary N) is 1. The lowest BCUT2D eigenvalue weighted by molar-refractivity contribution is 0.881. The topological polar surface area (TPSA) is 67.3 Å². The Kier molecular flexibility index (Phi) is 3.38. The van der Waals surface area contributed by atoms with Gasteiger partial charge in [-0.3, -0.25) is 4.98 Å². The molecule has 0 bridgehead atoms. The first kappa shape index (κ1) is 10.5. The third-order valence-corrected chi connectivity index (χ3v) is 2.32. The molecular formula is C11H13N5. The van der Waals surface area contributed by atoms with Crippen LogP contribution in [-0.4, -0.2) is 25.6 Å². The molecule has 0 aromatic carbocycles. The normalized spacial score (nSPS) is 11.7. The van der Waals surface area contributed by atoms with Crippen LogP contribution in [0.3, 0.4) is 0 Å². The average Bonchev–Trinajstić information content (AvgIpc) is 2.82. The first-order valence-corrected chi connectivity index (χ1v) is 5.15. The predicted molar refractivity (Wildman–Crippen MR) is 59.6 cm³/mol. The van der Waals surface area contributed by atoms with Crippen LogP contribution in [0.2, 0.25) is 0 Å². The van der Waals surface area contributed by atoms with E-state index < -0.39 is 0 Å². The number of nitrogens with zero attached hydrogens (tertiary/aromatic N) is 4. The van der Waals surface area contributed by atoms with E-state index in [2.05, 4.69) is 31.7 Å². The van der Waals surface area contributed by atoms with Crippen molar-refractivity contribution in [1.82, 2.24) is 25.6 Å². The minimum absolute atomic E-state index is 0.712. The second-order valence-corrected chi connectivity index (χ2v) is 3.45. The number of hydrogen-bond donors (Lipinski definition) is 1. The van der Waals surface area contributed by atoms with Crippen LogP contribution in [0.15, 0.2) is 36.0 Å². The maximum absolute atomic E-state index is 4.29. The molecule has 2 aromatic heterocycles. The van der Waals surface area contributed by atoms with E-state index in [9.17, 15) is 0 Å². The van der Waals surface area contributed by atoms with Crippen LogP contribution >= 0.6 is 0 Å². The van der Waals surface area contributed by atoms with Gasteiger partial charge in [0.15, 0.2) is 5.82 Å². The van der Waals surface area contributed by atoms with Crippen molar-refractivity contribution in [3.63, 3.8) is 0 Å². The molecule has 0 atom stereocenters. The number of aromatic amines is 1.